The lowest BCUT2D eigenvalue weighted by molar-refractivity contribution is 0.513. The molecule has 116 valence electrons. The van der Waals surface area contributed by atoms with E-state index in [0.29, 0.717) is 11.8 Å². The molecule has 0 spiro atoms. The monoisotopic (exact) mass is 310 g/mol. The second-order valence-electron chi connectivity index (χ2n) is 7.78. The van der Waals surface area contributed by atoms with Gasteiger partial charge in [-0.15, -0.1) is 11.3 Å². The Labute approximate surface area is 138 Å². The molecule has 0 N–H and O–H groups in total. The molecule has 0 aliphatic rings. The molecular formula is C21H26S. The predicted molar refractivity (Wildman–Crippen MR) is 101 cm³/mol. The van der Waals surface area contributed by atoms with E-state index >= 15 is 0 Å². The van der Waals surface area contributed by atoms with Crippen LogP contribution in [0.3, 0.4) is 0 Å². The van der Waals surface area contributed by atoms with E-state index in [4.69, 9.17) is 0 Å². The van der Waals surface area contributed by atoms with Gasteiger partial charge in [-0.25, -0.2) is 0 Å². The van der Waals surface area contributed by atoms with E-state index < -0.39 is 0 Å². The summed E-state index contributed by atoms with van der Waals surface area (Å²) in [6.07, 6.45) is 0. The van der Waals surface area contributed by atoms with Crippen molar-refractivity contribution in [3.05, 3.63) is 47.5 Å². The van der Waals surface area contributed by atoms with Crippen molar-refractivity contribution in [2.45, 2.75) is 52.9 Å². The van der Waals surface area contributed by atoms with Gasteiger partial charge in [0.2, 0.25) is 0 Å². The number of hydrogen-bond acceptors (Lipinski definition) is 1. The summed E-state index contributed by atoms with van der Waals surface area (Å²) in [6, 6.07) is 13.5. The molecular weight excluding hydrogens is 284 g/mol. The Bertz CT molecular complexity index is 815. The number of rotatable bonds is 2. The first-order valence-electron chi connectivity index (χ1n) is 8.25. The third-order valence-electron chi connectivity index (χ3n) is 4.85. The van der Waals surface area contributed by atoms with Crippen LogP contribution in [0.4, 0.5) is 0 Å². The Balaban J connectivity index is 2.43. The van der Waals surface area contributed by atoms with Crippen molar-refractivity contribution in [1.82, 2.24) is 0 Å². The first-order chi connectivity index (χ1) is 10.3. The van der Waals surface area contributed by atoms with E-state index in [9.17, 15) is 0 Å². The smallest absolute Gasteiger partial charge is 0.0393 e. The normalized spacial score (nSPS) is 14.1. The second kappa shape index (κ2) is 5.38. The van der Waals surface area contributed by atoms with Gasteiger partial charge in [0, 0.05) is 20.2 Å². The second-order valence-corrected chi connectivity index (χ2v) is 8.84. The Morgan fingerprint density at radius 2 is 1.55 bits per heavy atom. The Morgan fingerprint density at radius 3 is 2.18 bits per heavy atom. The van der Waals surface area contributed by atoms with Crippen LogP contribution >= 0.6 is 11.3 Å². The lowest BCUT2D eigenvalue weighted by Crippen LogP contribution is -2.17. The molecule has 2 aromatic carbocycles. The predicted octanol–water partition coefficient (Wildman–Crippen LogP) is 7.11. The molecule has 0 fully saturated rings. The summed E-state index contributed by atoms with van der Waals surface area (Å²) in [4.78, 5) is 0. The summed E-state index contributed by atoms with van der Waals surface area (Å²) in [7, 11) is 0. The molecule has 0 saturated heterocycles. The van der Waals surface area contributed by atoms with Gasteiger partial charge in [0.25, 0.3) is 0 Å². The summed E-state index contributed by atoms with van der Waals surface area (Å²) in [5.74, 6) is 1.22. The van der Waals surface area contributed by atoms with Crippen molar-refractivity contribution >= 4 is 31.5 Å². The standard InChI is InChI=1S/C21H26S/c1-13(2)14(3)19-17(21(4,5)6)12-11-16-15-9-7-8-10-18(15)22-20(16)19/h7-14H,1-6H3. The van der Waals surface area contributed by atoms with Crippen LogP contribution in [0.15, 0.2) is 36.4 Å². The van der Waals surface area contributed by atoms with Crippen molar-refractivity contribution in [1.29, 1.82) is 0 Å². The third-order valence-corrected chi connectivity index (χ3v) is 6.07. The molecule has 1 unspecified atom stereocenters. The van der Waals surface area contributed by atoms with Gasteiger partial charge in [-0.05, 0) is 34.4 Å². The van der Waals surface area contributed by atoms with Gasteiger partial charge >= 0.3 is 0 Å². The fourth-order valence-corrected chi connectivity index (χ4v) is 4.60. The van der Waals surface area contributed by atoms with Gasteiger partial charge in [0.05, 0.1) is 0 Å². The van der Waals surface area contributed by atoms with Crippen LogP contribution in [0.5, 0.6) is 0 Å². The fourth-order valence-electron chi connectivity index (χ4n) is 3.25. The van der Waals surface area contributed by atoms with Gasteiger partial charge in [-0.1, -0.05) is 71.9 Å². The Morgan fingerprint density at radius 1 is 0.864 bits per heavy atom. The molecule has 1 aromatic heterocycles. The highest BCUT2D eigenvalue weighted by Gasteiger charge is 2.25. The maximum Gasteiger partial charge on any atom is 0.0393 e. The zero-order valence-electron chi connectivity index (χ0n) is 14.5. The van der Waals surface area contributed by atoms with E-state index in [0.717, 1.165) is 0 Å². The van der Waals surface area contributed by atoms with E-state index in [1.165, 1.54) is 25.7 Å². The molecule has 0 nitrogen and oxygen atoms in total. The lowest BCUT2D eigenvalue weighted by atomic mass is 9.77. The van der Waals surface area contributed by atoms with Crippen LogP contribution in [0.1, 0.15) is 58.6 Å². The van der Waals surface area contributed by atoms with Gasteiger partial charge < -0.3 is 0 Å². The maximum atomic E-state index is 2.39. The maximum absolute atomic E-state index is 2.39. The quantitative estimate of drug-likeness (QED) is 0.473. The van der Waals surface area contributed by atoms with Crippen LogP contribution in [0.2, 0.25) is 0 Å². The van der Waals surface area contributed by atoms with E-state index in [-0.39, 0.29) is 5.41 Å². The zero-order valence-corrected chi connectivity index (χ0v) is 15.3. The highest BCUT2D eigenvalue weighted by molar-refractivity contribution is 7.26. The average molecular weight is 311 g/mol. The molecule has 22 heavy (non-hydrogen) atoms. The van der Waals surface area contributed by atoms with Crippen molar-refractivity contribution < 1.29 is 0 Å². The first-order valence-corrected chi connectivity index (χ1v) is 9.07. The first kappa shape index (κ1) is 15.6. The van der Waals surface area contributed by atoms with Gasteiger partial charge in [-0.3, -0.25) is 0 Å². The Hall–Kier alpha value is -1.34. The molecule has 0 bridgehead atoms. The highest BCUT2D eigenvalue weighted by atomic mass is 32.1. The van der Waals surface area contributed by atoms with Crippen molar-refractivity contribution in [2.24, 2.45) is 5.92 Å². The van der Waals surface area contributed by atoms with Gasteiger partial charge in [-0.2, -0.15) is 0 Å². The molecule has 3 aromatic rings. The number of thiophene rings is 1. The van der Waals surface area contributed by atoms with Crippen molar-refractivity contribution in [2.75, 3.05) is 0 Å². The highest BCUT2D eigenvalue weighted by Crippen LogP contribution is 2.44. The van der Waals surface area contributed by atoms with Gasteiger partial charge in [0.15, 0.2) is 0 Å². The summed E-state index contributed by atoms with van der Waals surface area (Å²) >= 11 is 1.96. The summed E-state index contributed by atoms with van der Waals surface area (Å²) in [5.41, 5.74) is 3.26. The molecule has 0 saturated carbocycles. The van der Waals surface area contributed by atoms with Gasteiger partial charge in [0.1, 0.15) is 0 Å². The largest absolute Gasteiger partial charge is 0.135 e. The summed E-state index contributed by atoms with van der Waals surface area (Å²) < 4.78 is 2.90. The van der Waals surface area contributed by atoms with E-state index in [2.05, 4.69) is 77.9 Å². The average Bonchev–Trinajstić information content (AvgIpc) is 2.83. The van der Waals surface area contributed by atoms with Crippen LogP contribution < -0.4 is 0 Å². The zero-order chi connectivity index (χ0) is 16.1. The van der Waals surface area contributed by atoms with Crippen molar-refractivity contribution in [3.63, 3.8) is 0 Å². The fraction of sp³-hybridized carbons (Fsp3) is 0.429. The molecule has 3 rings (SSSR count). The third kappa shape index (κ3) is 2.46. The minimum atomic E-state index is 0.183. The molecule has 0 radical (unpaired) electrons. The molecule has 0 amide bonds. The topological polar surface area (TPSA) is 0 Å². The minimum absolute atomic E-state index is 0.183. The SMILES string of the molecule is CC(C)C(C)c1c(C(C)(C)C)ccc2c1sc1ccccc12. The molecule has 0 aliphatic carbocycles. The number of fused-ring (bicyclic) bond motifs is 3. The number of benzene rings is 2. The number of hydrogen-bond donors (Lipinski definition) is 0. The lowest BCUT2D eigenvalue weighted by Gasteiger charge is -2.28. The molecule has 0 aliphatic heterocycles. The van der Waals surface area contributed by atoms with Crippen LogP contribution in [-0.2, 0) is 5.41 Å². The molecule has 1 heterocycles. The molecule has 1 atom stereocenters. The van der Waals surface area contributed by atoms with Crippen LogP contribution in [0, 0.1) is 5.92 Å². The van der Waals surface area contributed by atoms with E-state index in [1.807, 2.05) is 11.3 Å². The molecule has 1 heteroatoms. The Kier molecular flexibility index (Phi) is 3.81. The summed E-state index contributed by atoms with van der Waals surface area (Å²) in [6.45, 7) is 14.1. The van der Waals surface area contributed by atoms with Crippen molar-refractivity contribution in [3.8, 4) is 0 Å². The van der Waals surface area contributed by atoms with Crippen LogP contribution in [0.25, 0.3) is 20.2 Å². The van der Waals surface area contributed by atoms with Crippen LogP contribution in [-0.4, -0.2) is 0 Å². The van der Waals surface area contributed by atoms with E-state index in [1.54, 1.807) is 5.56 Å². The minimum Gasteiger partial charge on any atom is -0.135 e. The summed E-state index contributed by atoms with van der Waals surface area (Å²) in [5, 5.41) is 2.83.